The minimum absolute atomic E-state index is 0.0533. The molecule has 2 N–H and O–H groups in total. The predicted octanol–water partition coefficient (Wildman–Crippen LogP) is 3.03. The number of anilines is 2. The molecule has 2 heterocycles. The fourth-order valence-corrected chi connectivity index (χ4v) is 3.93. The molecule has 0 unspecified atom stereocenters. The number of likely N-dealkylation sites (N-methyl/N-ethyl adjacent to an activating group) is 1. The van der Waals surface area contributed by atoms with Gasteiger partial charge in [-0.3, -0.25) is 14.4 Å². The second-order valence-corrected chi connectivity index (χ2v) is 8.18. The van der Waals surface area contributed by atoms with Crippen LogP contribution in [0.4, 0.5) is 10.8 Å². The molecule has 0 spiro atoms. The Labute approximate surface area is 176 Å². The number of hydrogen-bond acceptors (Lipinski definition) is 6. The van der Waals surface area contributed by atoms with Crippen LogP contribution in [0.25, 0.3) is 0 Å². The van der Waals surface area contributed by atoms with Gasteiger partial charge >= 0.3 is 0 Å². The maximum absolute atomic E-state index is 12.4. The molecule has 150 valence electrons. The van der Waals surface area contributed by atoms with Crippen LogP contribution >= 0.6 is 22.7 Å². The van der Waals surface area contributed by atoms with Crippen molar-refractivity contribution in [1.82, 2.24) is 9.88 Å². The molecular weight excluding hydrogens is 408 g/mol. The molecule has 0 saturated carbocycles. The molecule has 2 aromatic heterocycles. The van der Waals surface area contributed by atoms with E-state index in [4.69, 9.17) is 0 Å². The van der Waals surface area contributed by atoms with Crippen molar-refractivity contribution >= 4 is 51.2 Å². The molecule has 0 atom stereocenters. The van der Waals surface area contributed by atoms with Crippen LogP contribution in [0.3, 0.4) is 0 Å². The topological polar surface area (TPSA) is 91.4 Å². The van der Waals surface area contributed by atoms with Gasteiger partial charge in [0.1, 0.15) is 0 Å². The highest BCUT2D eigenvalue weighted by Gasteiger charge is 2.16. The van der Waals surface area contributed by atoms with Gasteiger partial charge in [-0.1, -0.05) is 24.3 Å². The van der Waals surface area contributed by atoms with Crippen molar-refractivity contribution < 1.29 is 14.4 Å². The van der Waals surface area contributed by atoms with Gasteiger partial charge in [0.05, 0.1) is 25.1 Å². The fraction of sp³-hybridized carbons (Fsp3) is 0.200. The molecule has 9 heteroatoms. The molecule has 0 aliphatic rings. The monoisotopic (exact) mass is 428 g/mol. The van der Waals surface area contributed by atoms with Crippen molar-refractivity contribution in [3.63, 3.8) is 0 Å². The van der Waals surface area contributed by atoms with Crippen molar-refractivity contribution in [2.24, 2.45) is 0 Å². The van der Waals surface area contributed by atoms with Crippen molar-refractivity contribution in [1.29, 1.82) is 0 Å². The van der Waals surface area contributed by atoms with Crippen LogP contribution in [0.15, 0.2) is 53.2 Å². The van der Waals surface area contributed by atoms with Crippen LogP contribution in [0.1, 0.15) is 10.6 Å². The average Bonchev–Trinajstić information content (AvgIpc) is 3.34. The van der Waals surface area contributed by atoms with Gasteiger partial charge in [-0.2, -0.15) is 0 Å². The lowest BCUT2D eigenvalue weighted by molar-refractivity contribution is -0.132. The summed E-state index contributed by atoms with van der Waals surface area (Å²) in [4.78, 5) is 43.1. The highest BCUT2D eigenvalue weighted by molar-refractivity contribution is 7.14. The molecule has 0 radical (unpaired) electrons. The van der Waals surface area contributed by atoms with Crippen molar-refractivity contribution in [3.05, 3.63) is 63.8 Å². The average molecular weight is 429 g/mol. The van der Waals surface area contributed by atoms with E-state index in [0.717, 1.165) is 4.88 Å². The summed E-state index contributed by atoms with van der Waals surface area (Å²) in [5, 5.41) is 9.60. The van der Waals surface area contributed by atoms with E-state index in [9.17, 15) is 14.4 Å². The molecule has 3 rings (SSSR count). The molecule has 0 fully saturated rings. The first-order valence-corrected chi connectivity index (χ1v) is 10.6. The van der Waals surface area contributed by atoms with Gasteiger partial charge in [-0.25, -0.2) is 4.98 Å². The molecule has 3 aromatic rings. The van der Waals surface area contributed by atoms with Crippen molar-refractivity contribution in [2.45, 2.75) is 12.8 Å². The number of aromatic nitrogens is 1. The summed E-state index contributed by atoms with van der Waals surface area (Å²) in [6.07, 6.45) is 0.358. The molecule has 29 heavy (non-hydrogen) atoms. The van der Waals surface area contributed by atoms with E-state index in [-0.39, 0.29) is 30.7 Å². The minimum atomic E-state index is -0.271. The number of nitrogens with one attached hydrogen (secondary N) is 2. The van der Waals surface area contributed by atoms with Crippen LogP contribution in [0.2, 0.25) is 0 Å². The molecule has 7 nitrogen and oxygen atoms in total. The number of thiazole rings is 1. The predicted molar refractivity (Wildman–Crippen MR) is 115 cm³/mol. The van der Waals surface area contributed by atoms with Gasteiger partial charge in [-0.05, 0) is 23.6 Å². The first kappa shape index (κ1) is 20.7. The van der Waals surface area contributed by atoms with E-state index in [0.29, 0.717) is 22.9 Å². The summed E-state index contributed by atoms with van der Waals surface area (Å²) in [6, 6.07) is 12.9. The molecule has 1 aromatic carbocycles. The quantitative estimate of drug-likeness (QED) is 0.577. The number of benzene rings is 1. The van der Waals surface area contributed by atoms with Gasteiger partial charge < -0.3 is 15.5 Å². The second-order valence-electron chi connectivity index (χ2n) is 6.29. The van der Waals surface area contributed by atoms with E-state index in [2.05, 4.69) is 15.6 Å². The molecule has 0 saturated heterocycles. The maximum atomic E-state index is 12.4. The maximum Gasteiger partial charge on any atom is 0.243 e. The Hall–Kier alpha value is -3.04. The minimum Gasteiger partial charge on any atom is -0.336 e. The summed E-state index contributed by atoms with van der Waals surface area (Å²) in [5.41, 5.74) is 1.24. The Kier molecular flexibility index (Phi) is 7.09. The van der Waals surface area contributed by atoms with E-state index >= 15 is 0 Å². The first-order valence-electron chi connectivity index (χ1n) is 8.85. The fourth-order valence-electron chi connectivity index (χ4n) is 2.50. The molecule has 3 amide bonds. The van der Waals surface area contributed by atoms with Crippen LogP contribution in [0.5, 0.6) is 0 Å². The van der Waals surface area contributed by atoms with E-state index in [1.165, 1.54) is 27.6 Å². The number of nitrogens with zero attached hydrogens (tertiary/aromatic N) is 2. The highest BCUT2D eigenvalue weighted by Crippen LogP contribution is 2.17. The summed E-state index contributed by atoms with van der Waals surface area (Å²) in [5.74, 6) is -0.642. The Morgan fingerprint density at radius 2 is 1.76 bits per heavy atom. The normalized spacial score (nSPS) is 10.4. The second kappa shape index (κ2) is 9.94. The number of thiophene rings is 1. The lowest BCUT2D eigenvalue weighted by atomic mass is 10.3. The van der Waals surface area contributed by atoms with Crippen LogP contribution in [-0.4, -0.2) is 41.2 Å². The number of hydrogen-bond donors (Lipinski definition) is 2. The van der Waals surface area contributed by atoms with Crippen LogP contribution in [0, 0.1) is 0 Å². The van der Waals surface area contributed by atoms with Crippen LogP contribution in [-0.2, 0) is 27.2 Å². The molecule has 0 aliphatic carbocycles. The highest BCUT2D eigenvalue weighted by atomic mass is 32.1. The van der Waals surface area contributed by atoms with E-state index in [1.54, 1.807) is 24.6 Å². The number of amides is 3. The van der Waals surface area contributed by atoms with Crippen molar-refractivity contribution in [3.8, 4) is 0 Å². The third-order valence-electron chi connectivity index (χ3n) is 3.91. The van der Waals surface area contributed by atoms with Gasteiger partial charge in [-0.15, -0.1) is 22.7 Å². The number of carbonyl (C=O) groups excluding carboxylic acids is 3. The SMILES string of the molecule is CN(CC(=O)Nc1ccccc1)C(=O)Cc1csc(NC(=O)Cc2cccs2)n1. The zero-order valence-corrected chi connectivity index (χ0v) is 17.4. The smallest absolute Gasteiger partial charge is 0.243 e. The Bertz CT molecular complexity index is 971. The zero-order valence-electron chi connectivity index (χ0n) is 15.8. The first-order chi connectivity index (χ1) is 14.0. The van der Waals surface area contributed by atoms with E-state index in [1.807, 2.05) is 35.7 Å². The third-order valence-corrected chi connectivity index (χ3v) is 5.59. The molecule has 0 bridgehead atoms. The van der Waals surface area contributed by atoms with Crippen molar-refractivity contribution in [2.75, 3.05) is 24.2 Å². The van der Waals surface area contributed by atoms with Gasteiger partial charge in [0.15, 0.2) is 5.13 Å². The molecular formula is C20H20N4O3S2. The summed E-state index contributed by atoms with van der Waals surface area (Å²) in [6.45, 7) is -0.0533. The Morgan fingerprint density at radius 3 is 2.48 bits per heavy atom. The largest absolute Gasteiger partial charge is 0.336 e. The number of carbonyl (C=O) groups is 3. The lowest BCUT2D eigenvalue weighted by Crippen LogP contribution is -2.35. The third kappa shape index (κ3) is 6.51. The standard InChI is InChI=1S/C20H20N4O3S2/c1-24(12-18(26)21-14-6-3-2-4-7-14)19(27)10-15-13-29-20(22-15)23-17(25)11-16-8-5-9-28-16/h2-9,13H,10-12H2,1H3,(H,21,26)(H,22,23,25). The summed E-state index contributed by atoms with van der Waals surface area (Å²) in [7, 11) is 1.57. The van der Waals surface area contributed by atoms with Crippen LogP contribution < -0.4 is 10.6 Å². The molecule has 0 aliphatic heterocycles. The van der Waals surface area contributed by atoms with E-state index < -0.39 is 0 Å². The summed E-state index contributed by atoms with van der Waals surface area (Å²) < 4.78 is 0. The van der Waals surface area contributed by atoms with Gasteiger partial charge in [0, 0.05) is 23.0 Å². The number of para-hydroxylation sites is 1. The number of rotatable bonds is 8. The summed E-state index contributed by atoms with van der Waals surface area (Å²) >= 11 is 2.79. The van der Waals surface area contributed by atoms with Gasteiger partial charge in [0.25, 0.3) is 0 Å². The zero-order chi connectivity index (χ0) is 20.6. The lowest BCUT2D eigenvalue weighted by Gasteiger charge is -2.16. The van der Waals surface area contributed by atoms with Gasteiger partial charge in [0.2, 0.25) is 17.7 Å². The Morgan fingerprint density at radius 1 is 0.966 bits per heavy atom. The Balaban J connectivity index is 1.46.